The number of hydrogen-bond donors (Lipinski definition) is 0. The molecule has 1 unspecified atom stereocenters. The molecule has 1 atom stereocenters. The van der Waals surface area contributed by atoms with Gasteiger partial charge in [-0.2, -0.15) is 0 Å². The zero-order valence-corrected chi connectivity index (χ0v) is 14.4. The third-order valence-electron chi connectivity index (χ3n) is 6.77. The van der Waals surface area contributed by atoms with E-state index in [1.54, 1.807) is 0 Å². The van der Waals surface area contributed by atoms with E-state index in [0.717, 1.165) is 17.8 Å². The van der Waals surface area contributed by atoms with Crippen molar-refractivity contribution in [3.05, 3.63) is 0 Å². The maximum absolute atomic E-state index is 11.0. The molecule has 3 rings (SSSR count). The molecule has 2 heteroatoms. The van der Waals surface area contributed by atoms with Gasteiger partial charge in [-0.15, -0.1) is 0 Å². The Labute approximate surface area is 136 Å². The number of unbranched alkanes of at least 4 members (excludes halogenated alkanes) is 2. The summed E-state index contributed by atoms with van der Waals surface area (Å²) in [4.78, 5) is 11.0. The Balaban J connectivity index is 1.33. The number of carbonyl (C=O) groups excluding carboxylic acids is 1. The summed E-state index contributed by atoms with van der Waals surface area (Å²) in [6, 6.07) is 0. The SMILES string of the molecule is CCCCC[C@H]1CC[C@H]([C@H]2CC[C@H](C3CC(=O)O3)CC2)CC1. The van der Waals surface area contributed by atoms with Gasteiger partial charge in [-0.25, -0.2) is 0 Å². The molecule has 2 aliphatic carbocycles. The van der Waals surface area contributed by atoms with Crippen LogP contribution in [0.2, 0.25) is 0 Å². The van der Waals surface area contributed by atoms with E-state index in [1.807, 2.05) is 0 Å². The summed E-state index contributed by atoms with van der Waals surface area (Å²) in [7, 11) is 0. The Morgan fingerprint density at radius 2 is 1.41 bits per heavy atom. The Morgan fingerprint density at radius 1 is 0.864 bits per heavy atom. The van der Waals surface area contributed by atoms with Gasteiger partial charge in [-0.1, -0.05) is 45.4 Å². The fraction of sp³-hybridized carbons (Fsp3) is 0.950. The fourth-order valence-corrected chi connectivity index (χ4v) is 5.21. The molecule has 1 aliphatic heterocycles. The highest BCUT2D eigenvalue weighted by Gasteiger charge is 2.39. The first kappa shape index (κ1) is 16.3. The lowest BCUT2D eigenvalue weighted by atomic mass is 9.67. The molecule has 0 aromatic heterocycles. The van der Waals surface area contributed by atoms with Gasteiger partial charge >= 0.3 is 5.97 Å². The zero-order chi connectivity index (χ0) is 15.4. The highest BCUT2D eigenvalue weighted by Crippen LogP contribution is 2.44. The van der Waals surface area contributed by atoms with Crippen molar-refractivity contribution in [3.63, 3.8) is 0 Å². The summed E-state index contributed by atoms with van der Waals surface area (Å²) in [6.07, 6.45) is 18.1. The molecular weight excluding hydrogens is 272 g/mol. The van der Waals surface area contributed by atoms with Crippen molar-refractivity contribution >= 4 is 5.97 Å². The van der Waals surface area contributed by atoms with E-state index in [1.165, 1.54) is 77.0 Å². The van der Waals surface area contributed by atoms with E-state index in [2.05, 4.69) is 6.92 Å². The predicted molar refractivity (Wildman–Crippen MR) is 89.5 cm³/mol. The van der Waals surface area contributed by atoms with Crippen molar-refractivity contribution in [1.29, 1.82) is 0 Å². The second-order valence-electron chi connectivity index (χ2n) is 8.18. The molecule has 2 nitrogen and oxygen atoms in total. The van der Waals surface area contributed by atoms with E-state index in [-0.39, 0.29) is 12.1 Å². The van der Waals surface area contributed by atoms with Crippen LogP contribution in [0, 0.1) is 23.7 Å². The van der Waals surface area contributed by atoms with Crippen LogP contribution in [0.3, 0.4) is 0 Å². The maximum atomic E-state index is 11.0. The lowest BCUT2D eigenvalue weighted by Crippen LogP contribution is -2.41. The van der Waals surface area contributed by atoms with Gasteiger partial charge in [0.25, 0.3) is 0 Å². The van der Waals surface area contributed by atoms with Crippen LogP contribution in [0.25, 0.3) is 0 Å². The Morgan fingerprint density at radius 3 is 1.95 bits per heavy atom. The third kappa shape index (κ3) is 4.06. The van der Waals surface area contributed by atoms with Gasteiger partial charge in [0.05, 0.1) is 6.42 Å². The number of hydrogen-bond acceptors (Lipinski definition) is 2. The molecule has 0 amide bonds. The molecule has 0 aromatic rings. The molecule has 0 aromatic carbocycles. The molecule has 0 radical (unpaired) electrons. The van der Waals surface area contributed by atoms with E-state index < -0.39 is 0 Å². The minimum absolute atomic E-state index is 0.0218. The van der Waals surface area contributed by atoms with Crippen LogP contribution in [0.4, 0.5) is 0 Å². The molecule has 0 bridgehead atoms. The van der Waals surface area contributed by atoms with Crippen LogP contribution in [0.1, 0.15) is 90.4 Å². The molecule has 126 valence electrons. The summed E-state index contributed by atoms with van der Waals surface area (Å²) in [5.74, 6) is 3.72. The van der Waals surface area contributed by atoms with Crippen molar-refractivity contribution in [2.45, 2.75) is 96.5 Å². The van der Waals surface area contributed by atoms with Gasteiger partial charge in [-0.3, -0.25) is 4.79 Å². The molecule has 3 aliphatic rings. The summed E-state index contributed by atoms with van der Waals surface area (Å²) < 4.78 is 5.28. The molecule has 3 fully saturated rings. The second kappa shape index (κ2) is 7.84. The van der Waals surface area contributed by atoms with Crippen molar-refractivity contribution < 1.29 is 9.53 Å². The summed E-state index contributed by atoms with van der Waals surface area (Å²) in [5.41, 5.74) is 0. The van der Waals surface area contributed by atoms with Gasteiger partial charge in [-0.05, 0) is 62.2 Å². The first-order valence-corrected chi connectivity index (χ1v) is 9.95. The zero-order valence-electron chi connectivity index (χ0n) is 14.4. The van der Waals surface area contributed by atoms with Crippen LogP contribution in [0.5, 0.6) is 0 Å². The minimum Gasteiger partial charge on any atom is -0.461 e. The topological polar surface area (TPSA) is 26.3 Å². The first-order valence-electron chi connectivity index (χ1n) is 9.95. The van der Waals surface area contributed by atoms with Crippen LogP contribution >= 0.6 is 0 Å². The van der Waals surface area contributed by atoms with Crippen molar-refractivity contribution in [3.8, 4) is 0 Å². The Hall–Kier alpha value is -0.530. The second-order valence-corrected chi connectivity index (χ2v) is 8.18. The quantitative estimate of drug-likeness (QED) is 0.479. The predicted octanol–water partition coefficient (Wildman–Crippen LogP) is 5.50. The highest BCUT2D eigenvalue weighted by molar-refractivity contribution is 5.75. The monoisotopic (exact) mass is 306 g/mol. The summed E-state index contributed by atoms with van der Waals surface area (Å²) in [5, 5.41) is 0. The molecular formula is C20H34O2. The average Bonchev–Trinajstić information content (AvgIpc) is 2.53. The molecule has 22 heavy (non-hydrogen) atoms. The average molecular weight is 306 g/mol. The third-order valence-corrected chi connectivity index (χ3v) is 6.77. The van der Waals surface area contributed by atoms with E-state index in [4.69, 9.17) is 4.74 Å². The van der Waals surface area contributed by atoms with E-state index in [9.17, 15) is 4.79 Å². The van der Waals surface area contributed by atoms with Gasteiger partial charge in [0.15, 0.2) is 0 Å². The fourth-order valence-electron chi connectivity index (χ4n) is 5.21. The smallest absolute Gasteiger partial charge is 0.309 e. The standard InChI is InChI=1S/C20H34O2/c1-2-3-4-5-15-6-8-16(9-7-15)17-10-12-18(13-11-17)19-14-20(21)22-19/h15-19H,2-14H2,1H3/t15-,16-,17-,18-,19?. The Bertz CT molecular complexity index is 341. The van der Waals surface area contributed by atoms with Crippen molar-refractivity contribution in [2.75, 3.05) is 0 Å². The summed E-state index contributed by atoms with van der Waals surface area (Å²) >= 11 is 0. The van der Waals surface area contributed by atoms with Crippen LogP contribution in [0.15, 0.2) is 0 Å². The van der Waals surface area contributed by atoms with Crippen molar-refractivity contribution in [2.24, 2.45) is 23.7 Å². The molecule has 0 N–H and O–H groups in total. The van der Waals surface area contributed by atoms with Crippen LogP contribution in [-0.4, -0.2) is 12.1 Å². The molecule has 1 saturated heterocycles. The summed E-state index contributed by atoms with van der Waals surface area (Å²) in [6.45, 7) is 2.30. The first-order chi connectivity index (χ1) is 10.8. The molecule has 2 saturated carbocycles. The normalized spacial score (nSPS) is 39.1. The number of carbonyl (C=O) groups is 1. The lowest BCUT2D eigenvalue weighted by molar-refractivity contribution is -0.176. The maximum Gasteiger partial charge on any atom is 0.309 e. The van der Waals surface area contributed by atoms with E-state index in [0.29, 0.717) is 12.3 Å². The molecule has 1 heterocycles. The van der Waals surface area contributed by atoms with Gasteiger partial charge in [0, 0.05) is 0 Å². The van der Waals surface area contributed by atoms with Crippen LogP contribution < -0.4 is 0 Å². The number of cyclic esters (lactones) is 1. The lowest BCUT2D eigenvalue weighted by Gasteiger charge is -2.41. The van der Waals surface area contributed by atoms with Gasteiger partial charge in [0.1, 0.15) is 6.10 Å². The number of esters is 1. The van der Waals surface area contributed by atoms with Gasteiger partial charge < -0.3 is 4.74 Å². The number of rotatable bonds is 6. The van der Waals surface area contributed by atoms with E-state index >= 15 is 0 Å². The van der Waals surface area contributed by atoms with Gasteiger partial charge in [0.2, 0.25) is 0 Å². The van der Waals surface area contributed by atoms with Crippen molar-refractivity contribution in [1.82, 2.24) is 0 Å². The Kier molecular flexibility index (Phi) is 5.82. The van der Waals surface area contributed by atoms with Crippen LogP contribution in [-0.2, 0) is 9.53 Å². The largest absolute Gasteiger partial charge is 0.461 e. The number of ether oxygens (including phenoxy) is 1. The minimum atomic E-state index is 0.0218. The molecule has 0 spiro atoms. The highest BCUT2D eigenvalue weighted by atomic mass is 16.6.